The van der Waals surface area contributed by atoms with E-state index in [0.717, 1.165) is 68.5 Å². The monoisotopic (exact) mass is 501 g/mol. The number of aliphatic imine (C=N–C) groups is 2. The van der Waals surface area contributed by atoms with Gasteiger partial charge in [0.15, 0.2) is 0 Å². The molecule has 1 saturated heterocycles. The number of ether oxygens (including phenoxy) is 2. The first kappa shape index (κ1) is 25.2. The Bertz CT molecular complexity index is 1190. The summed E-state index contributed by atoms with van der Waals surface area (Å²) in [5.41, 5.74) is 5.54. The van der Waals surface area contributed by atoms with Gasteiger partial charge < -0.3 is 19.7 Å². The SMILES string of the molecule is CC1/C=C/CN(C)Cc2cc(ccc2N2CCOCC2)NC2=NC=CCC(=N2)C2=CC(=CCC=C2)OC1.[HH]. The van der Waals surface area contributed by atoms with E-state index in [9.17, 15) is 0 Å². The summed E-state index contributed by atoms with van der Waals surface area (Å²) in [5, 5.41) is 3.47. The molecule has 0 aromatic heterocycles. The Balaban J connectivity index is 0.00000336. The minimum Gasteiger partial charge on any atom is -0.493 e. The van der Waals surface area contributed by atoms with Crippen LogP contribution < -0.4 is 10.2 Å². The van der Waals surface area contributed by atoms with Crippen LogP contribution in [0.1, 0.15) is 26.8 Å². The molecule has 1 unspecified atom stereocenters. The lowest BCUT2D eigenvalue weighted by Gasteiger charge is -2.31. The van der Waals surface area contributed by atoms with Gasteiger partial charge in [-0.2, -0.15) is 0 Å². The van der Waals surface area contributed by atoms with Crippen molar-refractivity contribution in [3.63, 3.8) is 0 Å². The quantitative estimate of drug-likeness (QED) is 0.528. The molecule has 1 aromatic rings. The van der Waals surface area contributed by atoms with Crippen molar-refractivity contribution in [2.75, 3.05) is 56.7 Å². The summed E-state index contributed by atoms with van der Waals surface area (Å²) in [5.74, 6) is 1.80. The summed E-state index contributed by atoms with van der Waals surface area (Å²) < 4.78 is 11.8. The summed E-state index contributed by atoms with van der Waals surface area (Å²) >= 11 is 0. The second-order valence-corrected chi connectivity index (χ2v) is 9.93. The van der Waals surface area contributed by atoms with Crippen LogP contribution in [-0.4, -0.2) is 63.1 Å². The zero-order valence-corrected chi connectivity index (χ0v) is 21.9. The molecule has 3 aliphatic heterocycles. The van der Waals surface area contributed by atoms with E-state index in [2.05, 4.69) is 94.8 Å². The van der Waals surface area contributed by atoms with Crippen molar-refractivity contribution in [1.29, 1.82) is 0 Å². The van der Waals surface area contributed by atoms with Gasteiger partial charge >= 0.3 is 0 Å². The molecule has 37 heavy (non-hydrogen) atoms. The van der Waals surface area contributed by atoms with Gasteiger partial charge in [0.05, 0.1) is 25.5 Å². The van der Waals surface area contributed by atoms with Gasteiger partial charge in [-0.3, -0.25) is 4.90 Å². The predicted molar refractivity (Wildman–Crippen MR) is 154 cm³/mol. The smallest absolute Gasteiger partial charge is 0.227 e. The normalized spacial score (nSPS) is 24.1. The number of nitrogens with zero attached hydrogens (tertiary/aromatic N) is 4. The summed E-state index contributed by atoms with van der Waals surface area (Å²) in [6.45, 7) is 7.88. The summed E-state index contributed by atoms with van der Waals surface area (Å²) in [6.07, 6.45) is 18.5. The molecule has 0 saturated carbocycles. The van der Waals surface area contributed by atoms with E-state index in [1.165, 1.54) is 11.3 Å². The highest BCUT2D eigenvalue weighted by Crippen LogP contribution is 2.27. The second-order valence-electron chi connectivity index (χ2n) is 9.93. The number of guanidine groups is 1. The third kappa shape index (κ3) is 6.87. The molecule has 0 radical (unpaired) electrons. The van der Waals surface area contributed by atoms with Crippen molar-refractivity contribution < 1.29 is 10.9 Å². The average Bonchev–Trinajstić information content (AvgIpc) is 3.28. The fraction of sp³-hybridized carbons (Fsp3) is 0.400. The summed E-state index contributed by atoms with van der Waals surface area (Å²) in [6, 6.07) is 6.58. The first-order valence-electron chi connectivity index (χ1n) is 13.2. The van der Waals surface area contributed by atoms with Crippen LogP contribution in [0.25, 0.3) is 0 Å². The standard InChI is InChI=1S/C30H37N5O2.H2/c1-23-7-6-14-34(2)21-25-19-26(11-12-29(25)35-15-17-36-18-16-35)32-30-31-13-5-10-28(33-30)24-8-3-4-9-27(20-24)37-22-23;/h3,5-9,11-13,19-20,23H,4,10,14-18,21-22H2,1-2H3,(H,31,32);1H/b7-6+;. The van der Waals surface area contributed by atoms with E-state index in [0.29, 0.717) is 24.9 Å². The molecular formula is C30H39N5O2. The third-order valence-electron chi connectivity index (χ3n) is 6.76. The minimum absolute atomic E-state index is 0. The number of nitrogens with one attached hydrogen (secondary N) is 1. The Morgan fingerprint density at radius 3 is 2.92 bits per heavy atom. The first-order chi connectivity index (χ1) is 18.1. The van der Waals surface area contributed by atoms with Crippen LogP contribution in [0.2, 0.25) is 0 Å². The van der Waals surface area contributed by atoms with E-state index < -0.39 is 0 Å². The number of likely N-dealkylation sites (N-methyl/N-ethyl adjacent to an activating group) is 1. The number of allylic oxidation sites excluding steroid dienone is 6. The van der Waals surface area contributed by atoms with E-state index in [1.807, 2.05) is 6.20 Å². The maximum absolute atomic E-state index is 6.21. The molecule has 7 nitrogen and oxygen atoms in total. The number of anilines is 2. The van der Waals surface area contributed by atoms with Crippen LogP contribution in [0.5, 0.6) is 0 Å². The number of fused-ring (bicyclic) bond motifs is 5. The molecule has 5 rings (SSSR count). The average molecular weight is 502 g/mol. The van der Waals surface area contributed by atoms with Crippen molar-refractivity contribution in [3.8, 4) is 0 Å². The lowest BCUT2D eigenvalue weighted by molar-refractivity contribution is 0.122. The topological polar surface area (TPSA) is 61.7 Å². The minimum atomic E-state index is 0. The van der Waals surface area contributed by atoms with Gasteiger partial charge in [0.1, 0.15) is 5.76 Å². The van der Waals surface area contributed by atoms with Crippen molar-refractivity contribution in [3.05, 3.63) is 83.8 Å². The maximum atomic E-state index is 6.21. The molecule has 7 heteroatoms. The van der Waals surface area contributed by atoms with Crippen LogP contribution in [0.3, 0.4) is 0 Å². The summed E-state index contributed by atoms with van der Waals surface area (Å²) in [7, 11) is 2.17. The maximum Gasteiger partial charge on any atom is 0.227 e. The zero-order valence-electron chi connectivity index (χ0n) is 21.9. The molecule has 1 aliphatic carbocycles. The zero-order chi connectivity index (χ0) is 25.5. The molecular weight excluding hydrogens is 462 g/mol. The van der Waals surface area contributed by atoms with Gasteiger partial charge in [-0.05, 0) is 55.0 Å². The molecule has 0 amide bonds. The third-order valence-corrected chi connectivity index (χ3v) is 6.76. The van der Waals surface area contributed by atoms with Gasteiger partial charge in [0.25, 0.3) is 0 Å². The van der Waals surface area contributed by atoms with Crippen molar-refractivity contribution in [1.82, 2.24) is 4.90 Å². The lowest BCUT2D eigenvalue weighted by atomic mass is 10.1. The Labute approximate surface area is 221 Å². The van der Waals surface area contributed by atoms with Crippen molar-refractivity contribution in [2.45, 2.75) is 26.3 Å². The highest BCUT2D eigenvalue weighted by Gasteiger charge is 2.17. The Kier molecular flexibility index (Phi) is 8.33. The highest BCUT2D eigenvalue weighted by atomic mass is 16.5. The van der Waals surface area contributed by atoms with Crippen LogP contribution in [-0.2, 0) is 16.0 Å². The molecule has 1 N–H and O–H groups in total. The summed E-state index contributed by atoms with van der Waals surface area (Å²) in [4.78, 5) is 14.3. The largest absolute Gasteiger partial charge is 0.493 e. The van der Waals surface area contributed by atoms with Gasteiger partial charge in [0, 0.05) is 57.5 Å². The highest BCUT2D eigenvalue weighted by molar-refractivity contribution is 6.12. The van der Waals surface area contributed by atoms with E-state index in [-0.39, 0.29) is 1.43 Å². The molecule has 3 heterocycles. The molecule has 1 fully saturated rings. The van der Waals surface area contributed by atoms with Crippen LogP contribution in [0.15, 0.2) is 88.2 Å². The van der Waals surface area contributed by atoms with Crippen molar-refractivity contribution in [2.24, 2.45) is 15.9 Å². The molecule has 1 aromatic carbocycles. The van der Waals surface area contributed by atoms with E-state index >= 15 is 0 Å². The number of morpholine rings is 1. The first-order valence-corrected chi connectivity index (χ1v) is 13.2. The fourth-order valence-electron chi connectivity index (χ4n) is 4.80. The predicted octanol–water partition coefficient (Wildman–Crippen LogP) is 5.32. The van der Waals surface area contributed by atoms with Crippen LogP contribution >= 0.6 is 0 Å². The van der Waals surface area contributed by atoms with Gasteiger partial charge in [0.2, 0.25) is 5.96 Å². The molecule has 6 bridgehead atoms. The van der Waals surface area contributed by atoms with Crippen molar-refractivity contribution >= 4 is 23.0 Å². The number of rotatable bonds is 1. The Morgan fingerprint density at radius 1 is 1.14 bits per heavy atom. The van der Waals surface area contributed by atoms with Gasteiger partial charge in [-0.1, -0.05) is 37.3 Å². The second kappa shape index (κ2) is 12.2. The number of benzene rings is 1. The Hall–Kier alpha value is -3.42. The van der Waals surface area contributed by atoms with Crippen LogP contribution in [0, 0.1) is 5.92 Å². The molecule has 1 atom stereocenters. The lowest BCUT2D eigenvalue weighted by Crippen LogP contribution is -2.37. The van der Waals surface area contributed by atoms with Crippen LogP contribution in [0.4, 0.5) is 11.4 Å². The van der Waals surface area contributed by atoms with E-state index in [1.54, 1.807) is 0 Å². The Morgan fingerprint density at radius 2 is 2.03 bits per heavy atom. The molecule has 0 spiro atoms. The number of hydrogen-bond donors (Lipinski definition) is 1. The number of hydrogen-bond acceptors (Lipinski definition) is 7. The molecule has 196 valence electrons. The van der Waals surface area contributed by atoms with E-state index in [4.69, 9.17) is 14.5 Å². The molecule has 4 aliphatic rings. The van der Waals surface area contributed by atoms with Gasteiger partial charge in [-0.25, -0.2) is 9.98 Å². The fourth-order valence-corrected chi connectivity index (χ4v) is 4.80. The van der Waals surface area contributed by atoms with Gasteiger partial charge in [-0.15, -0.1) is 0 Å².